The average molecular weight is 560 g/mol. The molecule has 1 saturated heterocycles. The number of nitrogens with zero attached hydrogens (tertiary/aromatic N) is 2. The predicted octanol–water partition coefficient (Wildman–Crippen LogP) is 6.86. The fourth-order valence-electron chi connectivity index (χ4n) is 4.31. The van der Waals surface area contributed by atoms with Gasteiger partial charge >= 0.3 is 0 Å². The second kappa shape index (κ2) is 15.1. The summed E-state index contributed by atoms with van der Waals surface area (Å²) >= 11 is 1.34. The fraction of sp³-hybridized carbons (Fsp3) is 0.344. The first kappa shape index (κ1) is 29.2. The molecule has 1 aliphatic rings. The minimum atomic E-state index is -0.538. The number of amides is 2. The van der Waals surface area contributed by atoms with Gasteiger partial charge in [0.1, 0.15) is 16.7 Å². The van der Waals surface area contributed by atoms with Crippen LogP contribution in [0.5, 0.6) is 11.5 Å². The van der Waals surface area contributed by atoms with E-state index < -0.39 is 5.25 Å². The van der Waals surface area contributed by atoms with Gasteiger partial charge in [0.15, 0.2) is 5.17 Å². The molecule has 210 valence electrons. The van der Waals surface area contributed by atoms with Gasteiger partial charge in [-0.15, -0.1) is 0 Å². The SMILES string of the molecule is CCCCCCOc1ccc(NC(=O)C[C@@H]2SC(=Nc3ccccc3)N(CCc3ccc(OC)cc3)C2=O)cc1. The van der Waals surface area contributed by atoms with Crippen molar-refractivity contribution in [3.8, 4) is 11.5 Å². The fourth-order valence-corrected chi connectivity index (χ4v) is 5.49. The summed E-state index contributed by atoms with van der Waals surface area (Å²) in [5.74, 6) is 1.26. The van der Waals surface area contributed by atoms with E-state index in [9.17, 15) is 9.59 Å². The third-order valence-corrected chi connectivity index (χ3v) is 7.73. The smallest absolute Gasteiger partial charge is 0.242 e. The van der Waals surface area contributed by atoms with E-state index in [0.717, 1.165) is 29.2 Å². The molecule has 1 fully saturated rings. The van der Waals surface area contributed by atoms with Gasteiger partial charge in [-0.05, 0) is 66.9 Å². The van der Waals surface area contributed by atoms with Crippen LogP contribution < -0.4 is 14.8 Å². The molecule has 0 aromatic heterocycles. The summed E-state index contributed by atoms with van der Waals surface area (Å²) in [5.41, 5.74) is 2.53. The van der Waals surface area contributed by atoms with Crippen molar-refractivity contribution >= 4 is 40.1 Å². The number of aliphatic imine (C=N–C) groups is 1. The molecule has 4 rings (SSSR count). The van der Waals surface area contributed by atoms with Crippen LogP contribution in [0, 0.1) is 0 Å². The minimum absolute atomic E-state index is 0.0615. The molecular weight excluding hydrogens is 522 g/mol. The first-order valence-electron chi connectivity index (χ1n) is 13.8. The van der Waals surface area contributed by atoms with Gasteiger partial charge in [-0.1, -0.05) is 68.3 Å². The van der Waals surface area contributed by atoms with Crippen molar-refractivity contribution in [1.82, 2.24) is 4.90 Å². The molecule has 0 unspecified atom stereocenters. The molecule has 0 bridgehead atoms. The summed E-state index contributed by atoms with van der Waals surface area (Å²) in [4.78, 5) is 32.8. The monoisotopic (exact) mass is 559 g/mol. The second-order valence-corrected chi connectivity index (χ2v) is 10.8. The number of methoxy groups -OCH3 is 1. The van der Waals surface area contributed by atoms with Gasteiger partial charge in [-0.2, -0.15) is 0 Å². The van der Waals surface area contributed by atoms with Gasteiger partial charge in [0.25, 0.3) is 0 Å². The average Bonchev–Trinajstić information content (AvgIpc) is 3.26. The van der Waals surface area contributed by atoms with Crippen LogP contribution in [0.1, 0.15) is 44.6 Å². The van der Waals surface area contributed by atoms with Gasteiger partial charge in [-0.25, -0.2) is 4.99 Å². The Labute approximate surface area is 241 Å². The normalized spacial score (nSPS) is 15.8. The van der Waals surface area contributed by atoms with E-state index in [1.165, 1.54) is 31.0 Å². The van der Waals surface area contributed by atoms with E-state index in [1.54, 1.807) is 12.0 Å². The lowest BCUT2D eigenvalue weighted by Gasteiger charge is -2.16. The Morgan fingerprint density at radius 1 is 0.950 bits per heavy atom. The third-order valence-electron chi connectivity index (χ3n) is 6.56. The van der Waals surface area contributed by atoms with Gasteiger partial charge in [0.2, 0.25) is 11.8 Å². The summed E-state index contributed by atoms with van der Waals surface area (Å²) in [6, 6.07) is 24.7. The molecule has 3 aromatic rings. The Morgan fingerprint density at radius 3 is 2.38 bits per heavy atom. The Kier molecular flexibility index (Phi) is 11.0. The maximum absolute atomic E-state index is 13.4. The highest BCUT2D eigenvalue weighted by molar-refractivity contribution is 8.15. The first-order valence-corrected chi connectivity index (χ1v) is 14.7. The summed E-state index contributed by atoms with van der Waals surface area (Å²) in [6.45, 7) is 3.35. The molecule has 0 radical (unpaired) electrons. The van der Waals surface area contributed by atoms with E-state index in [4.69, 9.17) is 14.5 Å². The Hall–Kier alpha value is -3.78. The molecule has 0 saturated carbocycles. The molecule has 0 aliphatic carbocycles. The molecular formula is C32H37N3O4S. The lowest BCUT2D eigenvalue weighted by Crippen LogP contribution is -2.35. The number of unbranched alkanes of at least 4 members (excludes halogenated alkanes) is 3. The van der Waals surface area contributed by atoms with Crippen LogP contribution in [0.4, 0.5) is 11.4 Å². The Bertz CT molecular complexity index is 1260. The van der Waals surface area contributed by atoms with E-state index >= 15 is 0 Å². The van der Waals surface area contributed by atoms with Gasteiger partial charge in [0.05, 0.1) is 19.4 Å². The lowest BCUT2D eigenvalue weighted by atomic mass is 10.1. The largest absolute Gasteiger partial charge is 0.497 e. The molecule has 1 N–H and O–H groups in total. The van der Waals surface area contributed by atoms with Crippen LogP contribution in [0.25, 0.3) is 0 Å². The number of hydrogen-bond acceptors (Lipinski definition) is 6. The summed E-state index contributed by atoms with van der Waals surface area (Å²) in [7, 11) is 1.64. The van der Waals surface area contributed by atoms with Crippen molar-refractivity contribution < 1.29 is 19.1 Å². The predicted molar refractivity (Wildman–Crippen MR) is 163 cm³/mol. The molecule has 2 amide bonds. The number of ether oxygens (including phenoxy) is 2. The van der Waals surface area contributed by atoms with Gasteiger partial charge < -0.3 is 14.8 Å². The molecule has 1 aliphatic heterocycles. The van der Waals surface area contributed by atoms with E-state index in [2.05, 4.69) is 12.2 Å². The zero-order valence-corrected chi connectivity index (χ0v) is 24.0. The lowest BCUT2D eigenvalue weighted by molar-refractivity contribution is -0.128. The maximum atomic E-state index is 13.4. The van der Waals surface area contributed by atoms with E-state index in [-0.39, 0.29) is 18.2 Å². The van der Waals surface area contributed by atoms with Crippen LogP contribution in [-0.4, -0.2) is 47.4 Å². The Balaban J connectivity index is 1.36. The highest BCUT2D eigenvalue weighted by Crippen LogP contribution is 2.32. The molecule has 40 heavy (non-hydrogen) atoms. The number of benzene rings is 3. The number of amidine groups is 1. The second-order valence-electron chi connectivity index (χ2n) is 9.61. The minimum Gasteiger partial charge on any atom is -0.497 e. The first-order chi connectivity index (χ1) is 19.6. The maximum Gasteiger partial charge on any atom is 0.242 e. The standard InChI is InChI=1S/C32H37N3O4S/c1-3-4-5-9-22-39-28-18-14-26(15-19-28)33-30(36)23-29-31(37)35(21-20-24-12-16-27(38-2)17-13-24)32(40-29)34-25-10-7-6-8-11-25/h6-8,10-19,29H,3-5,9,20-23H2,1-2H3,(H,33,36)/t29-/m0/s1. The zero-order valence-electron chi connectivity index (χ0n) is 23.2. The van der Waals surface area contributed by atoms with Crippen LogP contribution in [0.15, 0.2) is 83.9 Å². The molecule has 1 heterocycles. The number of hydrogen-bond donors (Lipinski definition) is 1. The van der Waals surface area contributed by atoms with Crippen LogP contribution >= 0.6 is 11.8 Å². The topological polar surface area (TPSA) is 80.2 Å². The Morgan fingerprint density at radius 2 is 1.68 bits per heavy atom. The summed E-state index contributed by atoms with van der Waals surface area (Å²) < 4.78 is 11.0. The molecule has 1 atom stereocenters. The zero-order chi connectivity index (χ0) is 28.2. The number of carbonyl (C=O) groups is 2. The number of anilines is 1. The number of thioether (sulfide) groups is 1. The van der Waals surface area contributed by atoms with Crippen molar-refractivity contribution in [3.05, 3.63) is 84.4 Å². The highest BCUT2D eigenvalue weighted by Gasteiger charge is 2.39. The summed E-state index contributed by atoms with van der Waals surface area (Å²) in [6.07, 6.45) is 5.34. The number of carbonyl (C=O) groups excluding carboxylic acids is 2. The van der Waals surface area contributed by atoms with Gasteiger partial charge in [0, 0.05) is 18.7 Å². The highest BCUT2D eigenvalue weighted by atomic mass is 32.2. The third kappa shape index (κ3) is 8.61. The van der Waals surface area contributed by atoms with E-state index in [0.29, 0.717) is 30.4 Å². The molecule has 7 nitrogen and oxygen atoms in total. The molecule has 8 heteroatoms. The van der Waals surface area contributed by atoms with Crippen LogP contribution in [-0.2, 0) is 16.0 Å². The quantitative estimate of drug-likeness (QED) is 0.218. The summed E-state index contributed by atoms with van der Waals surface area (Å²) in [5, 5.41) is 2.99. The molecule has 0 spiro atoms. The number of para-hydroxylation sites is 1. The van der Waals surface area contributed by atoms with Crippen molar-refractivity contribution in [2.45, 2.75) is 50.7 Å². The van der Waals surface area contributed by atoms with Crippen molar-refractivity contribution in [2.75, 3.05) is 25.6 Å². The number of rotatable bonds is 14. The van der Waals surface area contributed by atoms with Crippen molar-refractivity contribution in [3.63, 3.8) is 0 Å². The van der Waals surface area contributed by atoms with Crippen molar-refractivity contribution in [2.24, 2.45) is 4.99 Å². The van der Waals surface area contributed by atoms with Gasteiger partial charge in [-0.3, -0.25) is 14.5 Å². The number of nitrogens with one attached hydrogen (secondary N) is 1. The van der Waals surface area contributed by atoms with Crippen molar-refractivity contribution in [1.29, 1.82) is 0 Å². The van der Waals surface area contributed by atoms with Crippen LogP contribution in [0.3, 0.4) is 0 Å². The van der Waals surface area contributed by atoms with E-state index in [1.807, 2.05) is 78.9 Å². The van der Waals surface area contributed by atoms with Crippen LogP contribution in [0.2, 0.25) is 0 Å². The molecule has 3 aromatic carbocycles.